The first-order valence-electron chi connectivity index (χ1n) is 6.61. The van der Waals surface area contributed by atoms with Crippen molar-refractivity contribution in [2.45, 2.75) is 32.9 Å². The number of nitrogens with one attached hydrogen (secondary N) is 1. The molecule has 0 aliphatic carbocycles. The van der Waals surface area contributed by atoms with Crippen LogP contribution in [0.4, 0.5) is 5.82 Å². The van der Waals surface area contributed by atoms with E-state index in [2.05, 4.69) is 36.1 Å². The van der Waals surface area contributed by atoms with Crippen molar-refractivity contribution >= 4 is 5.82 Å². The Morgan fingerprint density at radius 2 is 2.22 bits per heavy atom. The van der Waals surface area contributed by atoms with E-state index in [-0.39, 0.29) is 0 Å². The third-order valence-electron chi connectivity index (χ3n) is 3.73. The number of hydrogen-bond donors (Lipinski definition) is 1. The van der Waals surface area contributed by atoms with Gasteiger partial charge in [0, 0.05) is 38.3 Å². The van der Waals surface area contributed by atoms with Gasteiger partial charge in [0.1, 0.15) is 0 Å². The average Bonchev–Trinajstić information content (AvgIpc) is 2.70. The smallest absolute Gasteiger partial charge is 0.213 e. The van der Waals surface area contributed by atoms with Crippen LogP contribution in [0.25, 0.3) is 0 Å². The van der Waals surface area contributed by atoms with Crippen LogP contribution in [-0.2, 0) is 7.05 Å². The van der Waals surface area contributed by atoms with Crippen molar-refractivity contribution < 1.29 is 4.74 Å². The molecule has 0 bridgehead atoms. The molecule has 0 saturated carbocycles. The third kappa shape index (κ3) is 2.46. The molecule has 2 rings (SSSR count). The SMILES string of the molecule is COc1cc(N2CC(C(C)C)NCC2C)nn1C. The quantitative estimate of drug-likeness (QED) is 0.879. The van der Waals surface area contributed by atoms with Gasteiger partial charge in [-0.25, -0.2) is 4.68 Å². The van der Waals surface area contributed by atoms with E-state index >= 15 is 0 Å². The fourth-order valence-electron chi connectivity index (χ4n) is 2.42. The summed E-state index contributed by atoms with van der Waals surface area (Å²) in [4.78, 5) is 2.36. The van der Waals surface area contributed by atoms with Crippen molar-refractivity contribution in [1.29, 1.82) is 0 Å². The summed E-state index contributed by atoms with van der Waals surface area (Å²) in [7, 11) is 3.59. The molecule has 2 heterocycles. The van der Waals surface area contributed by atoms with Crippen molar-refractivity contribution in [2.24, 2.45) is 13.0 Å². The van der Waals surface area contributed by atoms with E-state index in [0.717, 1.165) is 24.8 Å². The lowest BCUT2D eigenvalue weighted by Gasteiger charge is -2.40. The fraction of sp³-hybridized carbons (Fsp3) is 0.769. The Balaban J connectivity index is 2.18. The van der Waals surface area contributed by atoms with Gasteiger partial charge in [-0.3, -0.25) is 0 Å². The third-order valence-corrected chi connectivity index (χ3v) is 3.73. The number of ether oxygens (including phenoxy) is 1. The number of nitrogens with zero attached hydrogens (tertiary/aromatic N) is 3. The first kappa shape index (κ1) is 13.2. The minimum atomic E-state index is 0.458. The number of piperazine rings is 1. The molecule has 1 saturated heterocycles. The summed E-state index contributed by atoms with van der Waals surface area (Å²) in [5.74, 6) is 2.44. The minimum Gasteiger partial charge on any atom is -0.481 e. The second-order valence-corrected chi connectivity index (χ2v) is 5.43. The van der Waals surface area contributed by atoms with Crippen LogP contribution < -0.4 is 15.0 Å². The molecule has 2 atom stereocenters. The monoisotopic (exact) mass is 252 g/mol. The molecule has 1 fully saturated rings. The van der Waals surface area contributed by atoms with Gasteiger partial charge < -0.3 is 15.0 Å². The van der Waals surface area contributed by atoms with E-state index in [4.69, 9.17) is 4.74 Å². The van der Waals surface area contributed by atoms with Crippen LogP contribution in [0, 0.1) is 5.92 Å². The maximum absolute atomic E-state index is 5.28. The standard InChI is InChI=1S/C13H24N4O/c1-9(2)11-8-17(10(3)7-14-11)12-6-13(18-5)16(4)15-12/h6,9-11,14H,7-8H2,1-5H3. The lowest BCUT2D eigenvalue weighted by Crippen LogP contribution is -2.57. The van der Waals surface area contributed by atoms with Crippen LogP contribution in [0.15, 0.2) is 6.07 Å². The number of hydrogen-bond acceptors (Lipinski definition) is 4. The molecule has 5 heteroatoms. The summed E-state index contributed by atoms with van der Waals surface area (Å²) >= 11 is 0. The number of aromatic nitrogens is 2. The molecule has 1 aromatic rings. The summed E-state index contributed by atoms with van der Waals surface area (Å²) in [6.45, 7) is 8.74. The van der Waals surface area contributed by atoms with Gasteiger partial charge in [0.15, 0.2) is 5.82 Å². The minimum absolute atomic E-state index is 0.458. The van der Waals surface area contributed by atoms with E-state index in [1.807, 2.05) is 13.1 Å². The first-order chi connectivity index (χ1) is 8.52. The van der Waals surface area contributed by atoms with Gasteiger partial charge >= 0.3 is 0 Å². The van der Waals surface area contributed by atoms with E-state index in [9.17, 15) is 0 Å². The van der Waals surface area contributed by atoms with Gasteiger partial charge in [-0.1, -0.05) is 13.8 Å². The van der Waals surface area contributed by atoms with Crippen LogP contribution in [0.1, 0.15) is 20.8 Å². The van der Waals surface area contributed by atoms with Crippen molar-refractivity contribution in [1.82, 2.24) is 15.1 Å². The van der Waals surface area contributed by atoms with E-state index < -0.39 is 0 Å². The molecule has 2 unspecified atom stereocenters. The first-order valence-corrected chi connectivity index (χ1v) is 6.61. The van der Waals surface area contributed by atoms with Crippen LogP contribution in [0.5, 0.6) is 5.88 Å². The zero-order valence-corrected chi connectivity index (χ0v) is 12.0. The molecule has 1 aliphatic heterocycles. The van der Waals surface area contributed by atoms with Gasteiger partial charge in [-0.05, 0) is 12.8 Å². The zero-order chi connectivity index (χ0) is 13.3. The van der Waals surface area contributed by atoms with Crippen LogP contribution in [-0.4, -0.2) is 42.1 Å². The summed E-state index contributed by atoms with van der Waals surface area (Å²) in [5, 5.41) is 8.14. The molecular formula is C13H24N4O. The Bertz CT molecular complexity index is 402. The highest BCUT2D eigenvalue weighted by Gasteiger charge is 2.28. The van der Waals surface area contributed by atoms with Crippen molar-refractivity contribution in [3.05, 3.63) is 6.07 Å². The van der Waals surface area contributed by atoms with E-state index in [1.165, 1.54) is 0 Å². The molecule has 0 radical (unpaired) electrons. The maximum atomic E-state index is 5.28. The Morgan fingerprint density at radius 1 is 1.50 bits per heavy atom. The molecular weight excluding hydrogens is 228 g/mol. The van der Waals surface area contributed by atoms with Crippen LogP contribution in [0.3, 0.4) is 0 Å². The highest BCUT2D eigenvalue weighted by molar-refractivity contribution is 5.44. The lowest BCUT2D eigenvalue weighted by atomic mass is 10.00. The Hall–Kier alpha value is -1.23. The van der Waals surface area contributed by atoms with Gasteiger partial charge in [0.05, 0.1) is 7.11 Å². The number of rotatable bonds is 3. The molecule has 1 aliphatic rings. The predicted molar refractivity (Wildman–Crippen MR) is 73.2 cm³/mol. The number of methoxy groups -OCH3 is 1. The van der Waals surface area contributed by atoms with Crippen molar-refractivity contribution in [3.8, 4) is 5.88 Å². The van der Waals surface area contributed by atoms with Gasteiger partial charge in [0.25, 0.3) is 0 Å². The molecule has 0 spiro atoms. The fourth-order valence-corrected chi connectivity index (χ4v) is 2.42. The van der Waals surface area contributed by atoms with Crippen molar-refractivity contribution in [3.63, 3.8) is 0 Å². The molecule has 1 N–H and O–H groups in total. The molecule has 1 aromatic heterocycles. The molecule has 0 amide bonds. The zero-order valence-electron chi connectivity index (χ0n) is 12.0. The molecule has 5 nitrogen and oxygen atoms in total. The summed E-state index contributed by atoms with van der Waals surface area (Å²) in [6.07, 6.45) is 0. The normalized spacial score (nSPS) is 24.7. The highest BCUT2D eigenvalue weighted by Crippen LogP contribution is 2.24. The second-order valence-electron chi connectivity index (χ2n) is 5.43. The highest BCUT2D eigenvalue weighted by atomic mass is 16.5. The molecule has 0 aromatic carbocycles. The average molecular weight is 252 g/mol. The number of aryl methyl sites for hydroxylation is 1. The van der Waals surface area contributed by atoms with Crippen LogP contribution in [0.2, 0.25) is 0 Å². The van der Waals surface area contributed by atoms with Gasteiger partial charge in [0.2, 0.25) is 5.88 Å². The van der Waals surface area contributed by atoms with Crippen LogP contribution >= 0.6 is 0 Å². The summed E-state index contributed by atoms with van der Waals surface area (Å²) < 4.78 is 7.07. The molecule has 18 heavy (non-hydrogen) atoms. The lowest BCUT2D eigenvalue weighted by molar-refractivity contribution is 0.335. The summed E-state index contributed by atoms with van der Waals surface area (Å²) in [5.41, 5.74) is 0. The Labute approximate surface area is 109 Å². The molecule has 102 valence electrons. The number of anilines is 1. The Kier molecular flexibility index (Phi) is 3.80. The second kappa shape index (κ2) is 5.18. The maximum Gasteiger partial charge on any atom is 0.213 e. The van der Waals surface area contributed by atoms with E-state index in [0.29, 0.717) is 18.0 Å². The largest absolute Gasteiger partial charge is 0.481 e. The topological polar surface area (TPSA) is 42.3 Å². The van der Waals surface area contributed by atoms with Crippen molar-refractivity contribution in [2.75, 3.05) is 25.1 Å². The Morgan fingerprint density at radius 3 is 2.78 bits per heavy atom. The summed E-state index contributed by atoms with van der Waals surface area (Å²) in [6, 6.07) is 2.99. The van der Waals surface area contributed by atoms with Gasteiger partial charge in [-0.15, -0.1) is 0 Å². The van der Waals surface area contributed by atoms with E-state index in [1.54, 1.807) is 11.8 Å². The predicted octanol–water partition coefficient (Wildman–Crippen LogP) is 1.25. The van der Waals surface area contributed by atoms with Gasteiger partial charge in [-0.2, -0.15) is 5.10 Å².